The smallest absolute Gasteiger partial charge is 0.257 e. The van der Waals surface area contributed by atoms with Gasteiger partial charge in [0.05, 0.1) is 32.2 Å². The molecule has 1 saturated carbocycles. The normalized spacial score (nSPS) is 18.2. The van der Waals surface area contributed by atoms with Gasteiger partial charge in [-0.25, -0.2) is 13.2 Å². The molecule has 1 aliphatic carbocycles. The first-order valence-corrected chi connectivity index (χ1v) is 11.7. The van der Waals surface area contributed by atoms with Gasteiger partial charge in [-0.1, -0.05) is 34.8 Å². The summed E-state index contributed by atoms with van der Waals surface area (Å²) < 4.78 is 39.2. The Morgan fingerprint density at radius 1 is 0.829 bits per heavy atom. The van der Waals surface area contributed by atoms with Crippen molar-refractivity contribution in [1.29, 1.82) is 0 Å². The van der Waals surface area contributed by atoms with Gasteiger partial charge in [0.2, 0.25) is 5.91 Å². The van der Waals surface area contributed by atoms with Crippen LogP contribution in [0.25, 0.3) is 0 Å². The number of rotatable bonds is 5. The Morgan fingerprint density at radius 2 is 1.49 bits per heavy atom. The van der Waals surface area contributed by atoms with Crippen LogP contribution in [0, 0.1) is 23.4 Å². The molecule has 1 aliphatic rings. The zero-order valence-electron chi connectivity index (χ0n) is 17.1. The monoisotopic (exact) mass is 580 g/mol. The second-order valence-corrected chi connectivity index (χ2v) is 10.4. The number of hydrogen-bond acceptors (Lipinski definition) is 2. The highest BCUT2D eigenvalue weighted by molar-refractivity contribution is 6.53. The molecule has 0 heterocycles. The third-order valence-corrected chi connectivity index (χ3v) is 7.18. The molecule has 35 heavy (non-hydrogen) atoms. The Bertz CT molecular complexity index is 1350. The lowest BCUT2D eigenvalue weighted by atomic mass is 10.1. The number of amides is 2. The number of benzene rings is 3. The number of halogens is 8. The summed E-state index contributed by atoms with van der Waals surface area (Å²) in [7, 11) is 0. The Kier molecular flexibility index (Phi) is 7.19. The summed E-state index contributed by atoms with van der Waals surface area (Å²) in [4.78, 5) is 25.5. The predicted octanol–water partition coefficient (Wildman–Crippen LogP) is 7.84. The fourth-order valence-electron chi connectivity index (χ4n) is 3.60. The van der Waals surface area contributed by atoms with Crippen molar-refractivity contribution in [3.63, 3.8) is 0 Å². The largest absolute Gasteiger partial charge is 0.326 e. The summed E-state index contributed by atoms with van der Waals surface area (Å²) in [6.45, 7) is 0. The van der Waals surface area contributed by atoms with E-state index in [1.54, 1.807) is 0 Å². The van der Waals surface area contributed by atoms with E-state index in [2.05, 4.69) is 10.6 Å². The molecule has 3 aromatic rings. The topological polar surface area (TPSA) is 58.2 Å². The fraction of sp³-hybridized carbons (Fsp3) is 0.130. The van der Waals surface area contributed by atoms with E-state index >= 15 is 0 Å². The fourth-order valence-corrected chi connectivity index (χ4v) is 5.14. The highest BCUT2D eigenvalue weighted by atomic mass is 35.5. The van der Waals surface area contributed by atoms with Crippen molar-refractivity contribution in [3.05, 3.63) is 92.2 Å². The van der Waals surface area contributed by atoms with Crippen molar-refractivity contribution in [2.24, 2.45) is 5.92 Å². The molecular weight excluding hydrogens is 571 g/mol. The second-order valence-electron chi connectivity index (χ2n) is 7.69. The summed E-state index contributed by atoms with van der Waals surface area (Å²) in [6, 6.07) is 9.29. The van der Waals surface area contributed by atoms with Crippen LogP contribution in [0.2, 0.25) is 15.1 Å². The maximum atomic E-state index is 13.9. The van der Waals surface area contributed by atoms with E-state index in [1.165, 1.54) is 30.3 Å². The van der Waals surface area contributed by atoms with Gasteiger partial charge in [0.1, 0.15) is 16.0 Å². The number of anilines is 2. The van der Waals surface area contributed by atoms with Gasteiger partial charge in [0, 0.05) is 17.7 Å². The van der Waals surface area contributed by atoms with E-state index in [0.717, 1.165) is 12.1 Å². The highest BCUT2D eigenvalue weighted by Gasteiger charge is 2.67. The van der Waals surface area contributed by atoms with Crippen LogP contribution in [0.3, 0.4) is 0 Å². The van der Waals surface area contributed by atoms with Crippen LogP contribution in [0.4, 0.5) is 24.5 Å². The summed E-state index contributed by atoms with van der Waals surface area (Å²) in [6.07, 6.45) is 0. The molecule has 2 atom stereocenters. The van der Waals surface area contributed by atoms with Crippen molar-refractivity contribution in [2.45, 2.75) is 10.3 Å². The molecule has 0 aromatic heterocycles. The lowest BCUT2D eigenvalue weighted by molar-refractivity contribution is -0.117. The zero-order valence-corrected chi connectivity index (χ0v) is 20.9. The second kappa shape index (κ2) is 9.71. The molecule has 0 bridgehead atoms. The molecule has 12 heteroatoms. The minimum atomic E-state index is -1.51. The third kappa shape index (κ3) is 5.20. The number of nitrogens with one attached hydrogen (secondary N) is 2. The van der Waals surface area contributed by atoms with Gasteiger partial charge in [0.25, 0.3) is 5.91 Å². The minimum Gasteiger partial charge on any atom is -0.326 e. The predicted molar refractivity (Wildman–Crippen MR) is 131 cm³/mol. The summed E-state index contributed by atoms with van der Waals surface area (Å²) in [5.41, 5.74) is 0.215. The average Bonchev–Trinajstić information content (AvgIpc) is 3.37. The van der Waals surface area contributed by atoms with E-state index in [9.17, 15) is 22.8 Å². The molecule has 4 rings (SSSR count). The minimum absolute atomic E-state index is 0.0203. The van der Waals surface area contributed by atoms with Gasteiger partial charge in [-0.2, -0.15) is 0 Å². The van der Waals surface area contributed by atoms with Crippen LogP contribution >= 0.6 is 58.0 Å². The first-order valence-electron chi connectivity index (χ1n) is 9.79. The van der Waals surface area contributed by atoms with Gasteiger partial charge in [-0.15, -0.1) is 23.2 Å². The lowest BCUT2D eigenvalue weighted by Gasteiger charge is -2.11. The van der Waals surface area contributed by atoms with Crippen LogP contribution in [-0.2, 0) is 4.79 Å². The van der Waals surface area contributed by atoms with E-state index in [-0.39, 0.29) is 32.0 Å². The third-order valence-electron chi connectivity index (χ3n) is 5.36. The van der Waals surface area contributed by atoms with E-state index < -0.39 is 45.4 Å². The van der Waals surface area contributed by atoms with Crippen LogP contribution < -0.4 is 10.6 Å². The first kappa shape index (κ1) is 25.9. The van der Waals surface area contributed by atoms with Crippen molar-refractivity contribution < 1.29 is 22.8 Å². The van der Waals surface area contributed by atoms with Crippen LogP contribution in [0.1, 0.15) is 21.8 Å². The SMILES string of the molecule is O=C(Nc1ccc(F)cc1F)c1cc(NC(=O)C2C(c3cc(Cl)c(F)c(Cl)c3)C2(Cl)Cl)ccc1Cl. The lowest BCUT2D eigenvalue weighted by Crippen LogP contribution is -2.18. The molecule has 182 valence electrons. The van der Waals surface area contributed by atoms with Crippen LogP contribution in [0.5, 0.6) is 0 Å². The van der Waals surface area contributed by atoms with E-state index in [4.69, 9.17) is 58.0 Å². The molecule has 0 aliphatic heterocycles. The van der Waals surface area contributed by atoms with E-state index in [1.807, 2.05) is 0 Å². The highest BCUT2D eigenvalue weighted by Crippen LogP contribution is 2.65. The summed E-state index contributed by atoms with van der Waals surface area (Å²) in [5, 5.41) is 4.42. The molecule has 0 saturated heterocycles. The number of carbonyl (C=O) groups excluding carboxylic acids is 2. The number of hydrogen-bond donors (Lipinski definition) is 2. The Labute approximate surface area is 222 Å². The van der Waals surface area contributed by atoms with Gasteiger partial charge in [-0.05, 0) is 48.0 Å². The maximum Gasteiger partial charge on any atom is 0.257 e. The molecule has 0 radical (unpaired) electrons. The Balaban J connectivity index is 1.52. The molecule has 0 spiro atoms. The molecule has 2 amide bonds. The van der Waals surface area contributed by atoms with Gasteiger partial charge in [-0.3, -0.25) is 9.59 Å². The molecular formula is C23H12Cl5F3N2O2. The molecule has 3 aromatic carbocycles. The summed E-state index contributed by atoms with van der Waals surface area (Å²) in [5.74, 6) is -5.62. The van der Waals surface area contributed by atoms with Crippen molar-refractivity contribution >= 4 is 81.2 Å². The average molecular weight is 583 g/mol. The van der Waals surface area contributed by atoms with Crippen molar-refractivity contribution in [1.82, 2.24) is 0 Å². The quantitative estimate of drug-likeness (QED) is 0.238. The number of alkyl halides is 2. The molecule has 1 fully saturated rings. The van der Waals surface area contributed by atoms with Gasteiger partial charge in [0.15, 0.2) is 5.82 Å². The zero-order chi connectivity index (χ0) is 25.7. The maximum absolute atomic E-state index is 13.9. The Hall–Kier alpha value is -2.16. The van der Waals surface area contributed by atoms with Crippen LogP contribution in [-0.4, -0.2) is 16.1 Å². The van der Waals surface area contributed by atoms with E-state index in [0.29, 0.717) is 11.6 Å². The Morgan fingerprint density at radius 3 is 2.11 bits per heavy atom. The summed E-state index contributed by atoms with van der Waals surface area (Å²) >= 11 is 30.4. The van der Waals surface area contributed by atoms with Gasteiger partial charge < -0.3 is 10.6 Å². The van der Waals surface area contributed by atoms with Gasteiger partial charge >= 0.3 is 0 Å². The first-order chi connectivity index (χ1) is 16.4. The molecule has 2 N–H and O–H groups in total. The standard InChI is InChI=1S/C23H12Cl5F3N2O2/c24-13-3-2-11(8-12(13)21(34)33-17-4-1-10(29)7-16(17)30)32-22(35)19-18(23(19,27)28)9-5-14(25)20(31)15(26)6-9/h1-8,18-19H,(H,32,35)(H,33,34). The van der Waals surface area contributed by atoms with Crippen LogP contribution in [0.15, 0.2) is 48.5 Å². The van der Waals surface area contributed by atoms with Crippen molar-refractivity contribution in [2.75, 3.05) is 10.6 Å². The number of carbonyl (C=O) groups is 2. The van der Waals surface area contributed by atoms with Crippen molar-refractivity contribution in [3.8, 4) is 0 Å². The molecule has 2 unspecified atom stereocenters. The molecule has 4 nitrogen and oxygen atoms in total.